The standard InChI is InChI=1S/C17H25N5OS/c1-20-10-7-18-16(20)14-21-8-3-9-22(12-11-21)17(23)19-6-5-15-4-2-13-24-15/h2,4,7,10,13H,3,5-6,8-9,11-12,14H2,1H3,(H,19,23). The van der Waals surface area contributed by atoms with Crippen LogP contribution >= 0.6 is 11.3 Å². The summed E-state index contributed by atoms with van der Waals surface area (Å²) in [6, 6.07) is 4.22. The number of aryl methyl sites for hydroxylation is 1. The van der Waals surface area contributed by atoms with Crippen molar-refractivity contribution < 1.29 is 4.79 Å². The summed E-state index contributed by atoms with van der Waals surface area (Å²) in [6.07, 6.45) is 5.71. The molecule has 0 aromatic carbocycles. The minimum atomic E-state index is 0.0606. The van der Waals surface area contributed by atoms with E-state index in [1.54, 1.807) is 11.3 Å². The van der Waals surface area contributed by atoms with Gasteiger partial charge in [-0.2, -0.15) is 0 Å². The quantitative estimate of drug-likeness (QED) is 0.899. The zero-order chi connectivity index (χ0) is 16.8. The van der Waals surface area contributed by atoms with Crippen LogP contribution in [0.1, 0.15) is 17.1 Å². The molecule has 0 atom stereocenters. The summed E-state index contributed by atoms with van der Waals surface area (Å²) in [5.74, 6) is 1.07. The number of hydrogen-bond acceptors (Lipinski definition) is 4. The molecule has 2 aromatic heterocycles. The fourth-order valence-electron chi connectivity index (χ4n) is 2.94. The monoisotopic (exact) mass is 347 g/mol. The zero-order valence-electron chi connectivity index (χ0n) is 14.1. The van der Waals surface area contributed by atoms with Gasteiger partial charge in [-0.05, 0) is 24.3 Å². The first-order valence-electron chi connectivity index (χ1n) is 8.46. The van der Waals surface area contributed by atoms with Crippen LogP contribution in [0, 0.1) is 0 Å². The molecule has 0 spiro atoms. The van der Waals surface area contributed by atoms with E-state index in [0.717, 1.165) is 51.4 Å². The minimum Gasteiger partial charge on any atom is -0.338 e. The summed E-state index contributed by atoms with van der Waals surface area (Å²) in [5.41, 5.74) is 0. The maximum atomic E-state index is 12.3. The van der Waals surface area contributed by atoms with Gasteiger partial charge in [0.25, 0.3) is 0 Å². The lowest BCUT2D eigenvalue weighted by molar-refractivity contribution is 0.197. The van der Waals surface area contributed by atoms with E-state index >= 15 is 0 Å². The molecule has 1 saturated heterocycles. The first kappa shape index (κ1) is 17.0. The number of hydrogen-bond donors (Lipinski definition) is 1. The third-order valence-electron chi connectivity index (χ3n) is 4.39. The minimum absolute atomic E-state index is 0.0606. The van der Waals surface area contributed by atoms with Crippen molar-refractivity contribution in [1.29, 1.82) is 0 Å². The lowest BCUT2D eigenvalue weighted by Crippen LogP contribution is -2.42. The van der Waals surface area contributed by atoms with Gasteiger partial charge in [0.1, 0.15) is 5.82 Å². The summed E-state index contributed by atoms with van der Waals surface area (Å²) in [4.78, 5) is 22.4. The number of carbonyl (C=O) groups excluding carboxylic acids is 1. The molecule has 7 heteroatoms. The van der Waals surface area contributed by atoms with Gasteiger partial charge >= 0.3 is 6.03 Å². The second-order valence-electron chi connectivity index (χ2n) is 6.13. The first-order valence-corrected chi connectivity index (χ1v) is 9.34. The number of rotatable bonds is 5. The Morgan fingerprint density at radius 1 is 1.33 bits per heavy atom. The van der Waals surface area contributed by atoms with E-state index in [4.69, 9.17) is 0 Å². The molecule has 0 bridgehead atoms. The second kappa shape index (κ2) is 8.30. The number of urea groups is 1. The molecule has 2 aromatic rings. The molecule has 0 aliphatic carbocycles. The molecule has 6 nitrogen and oxygen atoms in total. The summed E-state index contributed by atoms with van der Waals surface area (Å²) < 4.78 is 2.06. The van der Waals surface area contributed by atoms with E-state index in [-0.39, 0.29) is 6.03 Å². The highest BCUT2D eigenvalue weighted by atomic mass is 32.1. The van der Waals surface area contributed by atoms with Crippen LogP contribution in [-0.4, -0.2) is 58.1 Å². The summed E-state index contributed by atoms with van der Waals surface area (Å²) in [6.45, 7) is 5.04. The molecule has 1 aliphatic heterocycles. The van der Waals surface area contributed by atoms with E-state index in [1.165, 1.54) is 4.88 Å². The zero-order valence-corrected chi connectivity index (χ0v) is 15.0. The highest BCUT2D eigenvalue weighted by molar-refractivity contribution is 7.09. The van der Waals surface area contributed by atoms with Crippen molar-refractivity contribution in [3.63, 3.8) is 0 Å². The van der Waals surface area contributed by atoms with E-state index < -0.39 is 0 Å². The molecule has 1 fully saturated rings. The third kappa shape index (κ3) is 4.58. The highest BCUT2D eigenvalue weighted by Crippen LogP contribution is 2.09. The molecular formula is C17H25N5OS. The first-order chi connectivity index (χ1) is 11.7. The predicted octanol–water partition coefficient (Wildman–Crippen LogP) is 1.94. The predicted molar refractivity (Wildman–Crippen MR) is 96.1 cm³/mol. The van der Waals surface area contributed by atoms with E-state index in [0.29, 0.717) is 6.54 Å². The Kier molecular flexibility index (Phi) is 5.87. The number of thiophene rings is 1. The Morgan fingerprint density at radius 3 is 3.00 bits per heavy atom. The number of nitrogens with one attached hydrogen (secondary N) is 1. The van der Waals surface area contributed by atoms with Crippen LogP contribution in [-0.2, 0) is 20.0 Å². The maximum absolute atomic E-state index is 12.3. The number of aromatic nitrogens is 2. The molecule has 1 N–H and O–H groups in total. The smallest absolute Gasteiger partial charge is 0.317 e. The molecule has 0 saturated carbocycles. The van der Waals surface area contributed by atoms with Crippen LogP contribution < -0.4 is 5.32 Å². The normalized spacial score (nSPS) is 16.1. The molecule has 0 radical (unpaired) electrons. The summed E-state index contributed by atoms with van der Waals surface area (Å²) in [7, 11) is 2.02. The van der Waals surface area contributed by atoms with Crippen molar-refractivity contribution in [3.8, 4) is 0 Å². The van der Waals surface area contributed by atoms with Gasteiger partial charge in [-0.1, -0.05) is 6.07 Å². The van der Waals surface area contributed by atoms with Crippen LogP contribution in [0.4, 0.5) is 4.79 Å². The number of amides is 2. The van der Waals surface area contributed by atoms with Crippen molar-refractivity contribution in [3.05, 3.63) is 40.6 Å². The fraction of sp³-hybridized carbons (Fsp3) is 0.529. The second-order valence-corrected chi connectivity index (χ2v) is 7.16. The van der Waals surface area contributed by atoms with E-state index in [9.17, 15) is 4.79 Å². The van der Waals surface area contributed by atoms with Crippen molar-refractivity contribution in [2.75, 3.05) is 32.7 Å². The molecule has 1 aliphatic rings. The molecule has 0 unspecified atom stereocenters. The Morgan fingerprint density at radius 2 is 2.25 bits per heavy atom. The van der Waals surface area contributed by atoms with E-state index in [2.05, 4.69) is 31.2 Å². The van der Waals surface area contributed by atoms with Gasteiger partial charge in [-0.25, -0.2) is 9.78 Å². The molecule has 24 heavy (non-hydrogen) atoms. The van der Waals surface area contributed by atoms with Crippen LogP contribution in [0.15, 0.2) is 29.9 Å². The fourth-order valence-corrected chi connectivity index (χ4v) is 3.65. The summed E-state index contributed by atoms with van der Waals surface area (Å²) >= 11 is 1.74. The van der Waals surface area contributed by atoms with Crippen LogP contribution in [0.2, 0.25) is 0 Å². The van der Waals surface area contributed by atoms with Gasteiger partial charge in [0.05, 0.1) is 6.54 Å². The largest absolute Gasteiger partial charge is 0.338 e. The SMILES string of the molecule is Cn1ccnc1CN1CCCN(C(=O)NCCc2cccs2)CC1. The van der Waals surface area contributed by atoms with Crippen LogP contribution in [0.5, 0.6) is 0 Å². The van der Waals surface area contributed by atoms with Gasteiger partial charge in [0.15, 0.2) is 0 Å². The average Bonchev–Trinajstić information content (AvgIpc) is 3.16. The highest BCUT2D eigenvalue weighted by Gasteiger charge is 2.19. The Balaban J connectivity index is 1.42. The lowest BCUT2D eigenvalue weighted by atomic mass is 10.3. The van der Waals surface area contributed by atoms with Gasteiger partial charge < -0.3 is 14.8 Å². The molecule has 2 amide bonds. The van der Waals surface area contributed by atoms with Crippen LogP contribution in [0.25, 0.3) is 0 Å². The number of carbonyl (C=O) groups is 1. The maximum Gasteiger partial charge on any atom is 0.317 e. The Labute approximate surface area is 147 Å². The summed E-state index contributed by atoms with van der Waals surface area (Å²) in [5, 5.41) is 5.12. The van der Waals surface area contributed by atoms with Crippen molar-refractivity contribution in [2.45, 2.75) is 19.4 Å². The Hall–Kier alpha value is -1.86. The molecular weight excluding hydrogens is 322 g/mol. The number of nitrogens with zero attached hydrogens (tertiary/aromatic N) is 4. The van der Waals surface area contributed by atoms with Crippen molar-refractivity contribution in [2.24, 2.45) is 7.05 Å². The van der Waals surface area contributed by atoms with Gasteiger partial charge in [-0.3, -0.25) is 4.90 Å². The van der Waals surface area contributed by atoms with Gasteiger partial charge in [0, 0.05) is 57.0 Å². The average molecular weight is 347 g/mol. The molecule has 130 valence electrons. The van der Waals surface area contributed by atoms with Gasteiger partial charge in [-0.15, -0.1) is 11.3 Å². The van der Waals surface area contributed by atoms with E-state index in [1.807, 2.05) is 30.4 Å². The molecule has 3 rings (SSSR count). The molecule has 3 heterocycles. The van der Waals surface area contributed by atoms with Gasteiger partial charge in [0.2, 0.25) is 0 Å². The topological polar surface area (TPSA) is 53.4 Å². The van der Waals surface area contributed by atoms with Crippen molar-refractivity contribution in [1.82, 2.24) is 24.7 Å². The Bertz CT molecular complexity index is 639. The number of imidazole rings is 1. The van der Waals surface area contributed by atoms with Crippen molar-refractivity contribution >= 4 is 17.4 Å². The lowest BCUT2D eigenvalue weighted by Gasteiger charge is -2.22. The third-order valence-corrected chi connectivity index (χ3v) is 5.33. The van der Waals surface area contributed by atoms with Crippen LogP contribution in [0.3, 0.4) is 0 Å².